The summed E-state index contributed by atoms with van der Waals surface area (Å²) >= 11 is 4.88. The molecule has 1 heterocycles. The van der Waals surface area contributed by atoms with Gasteiger partial charge in [0.25, 0.3) is 0 Å². The summed E-state index contributed by atoms with van der Waals surface area (Å²) in [5, 5.41) is 0. The van der Waals surface area contributed by atoms with Crippen LogP contribution in [0.15, 0.2) is 23.1 Å². The van der Waals surface area contributed by atoms with Crippen LogP contribution in [-0.2, 0) is 10.0 Å². The third-order valence-electron chi connectivity index (χ3n) is 3.37. The molecule has 1 fully saturated rings. The molecule has 0 saturated carbocycles. The van der Waals surface area contributed by atoms with Crippen molar-refractivity contribution >= 4 is 27.2 Å². The average Bonchev–Trinajstić information content (AvgIpc) is 2.41. The van der Waals surface area contributed by atoms with Gasteiger partial charge in [0.05, 0.1) is 4.99 Å². The Bertz CT molecular complexity index is 626. The van der Waals surface area contributed by atoms with Crippen molar-refractivity contribution < 1.29 is 17.2 Å². The Balaban J connectivity index is 2.24. The number of piperidine rings is 1. The van der Waals surface area contributed by atoms with E-state index in [1.807, 2.05) is 0 Å². The zero-order valence-corrected chi connectivity index (χ0v) is 12.2. The molecular formula is C12H14F2N2O2S2. The summed E-state index contributed by atoms with van der Waals surface area (Å²) < 4.78 is 52.5. The summed E-state index contributed by atoms with van der Waals surface area (Å²) in [4.78, 5) is -0.273. The number of sulfonamides is 1. The Morgan fingerprint density at radius 1 is 1.30 bits per heavy atom. The lowest BCUT2D eigenvalue weighted by atomic mass is 9.98. The number of thiocarbonyl (C=S) groups is 1. The van der Waals surface area contributed by atoms with Gasteiger partial charge in [-0.1, -0.05) is 12.2 Å². The maximum atomic E-state index is 13.6. The van der Waals surface area contributed by atoms with Crippen molar-refractivity contribution in [2.24, 2.45) is 11.7 Å². The third-order valence-corrected chi connectivity index (χ3v) is 5.61. The molecule has 2 N–H and O–H groups in total. The first-order valence-electron chi connectivity index (χ1n) is 6.07. The van der Waals surface area contributed by atoms with Crippen LogP contribution in [0.4, 0.5) is 8.78 Å². The van der Waals surface area contributed by atoms with Crippen molar-refractivity contribution in [1.82, 2.24) is 4.31 Å². The topological polar surface area (TPSA) is 63.4 Å². The number of nitrogens with zero attached hydrogens (tertiary/aromatic N) is 1. The van der Waals surface area contributed by atoms with Gasteiger partial charge in [-0.15, -0.1) is 0 Å². The van der Waals surface area contributed by atoms with Crippen molar-refractivity contribution in [3.8, 4) is 0 Å². The van der Waals surface area contributed by atoms with Crippen LogP contribution in [0.2, 0.25) is 0 Å². The smallest absolute Gasteiger partial charge is 0.246 e. The first-order chi connectivity index (χ1) is 9.32. The van der Waals surface area contributed by atoms with Crippen LogP contribution in [0.5, 0.6) is 0 Å². The molecule has 0 radical (unpaired) electrons. The molecule has 8 heteroatoms. The van der Waals surface area contributed by atoms with Crippen molar-refractivity contribution in [1.29, 1.82) is 0 Å². The second-order valence-electron chi connectivity index (χ2n) is 4.66. The van der Waals surface area contributed by atoms with Crippen molar-refractivity contribution in [3.63, 3.8) is 0 Å². The van der Waals surface area contributed by atoms with Gasteiger partial charge < -0.3 is 5.73 Å². The lowest BCUT2D eigenvalue weighted by Gasteiger charge is -2.30. The first-order valence-corrected chi connectivity index (χ1v) is 7.91. The van der Waals surface area contributed by atoms with E-state index in [-0.39, 0.29) is 19.0 Å². The van der Waals surface area contributed by atoms with Crippen LogP contribution in [-0.4, -0.2) is 30.8 Å². The Morgan fingerprint density at radius 3 is 2.45 bits per heavy atom. The van der Waals surface area contributed by atoms with Crippen molar-refractivity contribution in [2.45, 2.75) is 17.7 Å². The van der Waals surface area contributed by atoms with E-state index in [9.17, 15) is 17.2 Å². The molecule has 1 aromatic carbocycles. The lowest BCUT2D eigenvalue weighted by Crippen LogP contribution is -2.41. The van der Waals surface area contributed by atoms with E-state index in [1.54, 1.807) is 0 Å². The molecule has 1 aromatic rings. The SMILES string of the molecule is NC(=S)C1CCN(S(=O)(=O)c2cc(F)ccc2F)CC1. The molecule has 0 bridgehead atoms. The molecule has 0 aliphatic carbocycles. The summed E-state index contributed by atoms with van der Waals surface area (Å²) in [6.07, 6.45) is 0.983. The summed E-state index contributed by atoms with van der Waals surface area (Å²) in [5.74, 6) is -1.75. The molecule has 110 valence electrons. The molecule has 2 rings (SSSR count). The summed E-state index contributed by atoms with van der Waals surface area (Å²) in [7, 11) is -4.03. The fourth-order valence-electron chi connectivity index (χ4n) is 2.19. The number of rotatable bonds is 3. The third kappa shape index (κ3) is 2.97. The first kappa shape index (κ1) is 15.3. The maximum Gasteiger partial charge on any atom is 0.246 e. The predicted octanol–water partition coefficient (Wildman–Crippen LogP) is 1.65. The minimum absolute atomic E-state index is 0.00573. The van der Waals surface area contributed by atoms with Gasteiger partial charge in [0.1, 0.15) is 16.5 Å². The van der Waals surface area contributed by atoms with Gasteiger partial charge in [0.2, 0.25) is 10.0 Å². The molecular weight excluding hydrogens is 306 g/mol. The van der Waals surface area contributed by atoms with Crippen molar-refractivity contribution in [3.05, 3.63) is 29.8 Å². The van der Waals surface area contributed by atoms with Crippen LogP contribution in [0.3, 0.4) is 0 Å². The molecule has 1 aliphatic heterocycles. The van der Waals surface area contributed by atoms with E-state index < -0.39 is 26.6 Å². The second-order valence-corrected chi connectivity index (χ2v) is 7.03. The monoisotopic (exact) mass is 320 g/mol. The highest BCUT2D eigenvalue weighted by Crippen LogP contribution is 2.25. The lowest BCUT2D eigenvalue weighted by molar-refractivity contribution is 0.315. The van der Waals surface area contributed by atoms with Gasteiger partial charge in [-0.05, 0) is 31.0 Å². The average molecular weight is 320 g/mol. The number of nitrogens with two attached hydrogens (primary N) is 1. The van der Waals surface area contributed by atoms with E-state index in [0.717, 1.165) is 16.4 Å². The Kier molecular flexibility index (Phi) is 4.36. The van der Waals surface area contributed by atoms with Crippen LogP contribution in [0, 0.1) is 17.6 Å². The molecule has 0 amide bonds. The van der Waals surface area contributed by atoms with Gasteiger partial charge in [-0.25, -0.2) is 17.2 Å². The molecule has 0 spiro atoms. The highest BCUT2D eigenvalue weighted by molar-refractivity contribution is 7.89. The van der Waals surface area contributed by atoms with E-state index >= 15 is 0 Å². The highest BCUT2D eigenvalue weighted by Gasteiger charge is 2.32. The fourth-order valence-corrected chi connectivity index (χ4v) is 3.98. The fraction of sp³-hybridized carbons (Fsp3) is 0.417. The Morgan fingerprint density at radius 2 is 1.90 bits per heavy atom. The predicted molar refractivity (Wildman–Crippen MR) is 74.6 cm³/mol. The number of halogens is 2. The molecule has 0 atom stereocenters. The zero-order valence-electron chi connectivity index (χ0n) is 10.6. The maximum absolute atomic E-state index is 13.6. The molecule has 0 unspecified atom stereocenters. The Labute approximate surface area is 121 Å². The van der Waals surface area contributed by atoms with E-state index in [0.29, 0.717) is 23.9 Å². The van der Waals surface area contributed by atoms with E-state index in [1.165, 1.54) is 0 Å². The van der Waals surface area contributed by atoms with E-state index in [2.05, 4.69) is 0 Å². The number of hydrogen-bond donors (Lipinski definition) is 1. The summed E-state index contributed by atoms with van der Waals surface area (Å²) in [6, 6.07) is 2.39. The van der Waals surface area contributed by atoms with Gasteiger partial charge in [0.15, 0.2) is 0 Å². The van der Waals surface area contributed by atoms with Crippen LogP contribution in [0.1, 0.15) is 12.8 Å². The summed E-state index contributed by atoms with van der Waals surface area (Å²) in [5.41, 5.74) is 5.53. The van der Waals surface area contributed by atoms with Crippen LogP contribution >= 0.6 is 12.2 Å². The Hall–Kier alpha value is -1.12. The molecule has 4 nitrogen and oxygen atoms in total. The quantitative estimate of drug-likeness (QED) is 0.860. The van der Waals surface area contributed by atoms with Gasteiger partial charge >= 0.3 is 0 Å². The van der Waals surface area contributed by atoms with Gasteiger partial charge in [0, 0.05) is 19.0 Å². The molecule has 20 heavy (non-hydrogen) atoms. The van der Waals surface area contributed by atoms with Crippen LogP contribution in [0.25, 0.3) is 0 Å². The highest BCUT2D eigenvalue weighted by atomic mass is 32.2. The minimum atomic E-state index is -4.03. The largest absolute Gasteiger partial charge is 0.393 e. The van der Waals surface area contributed by atoms with Gasteiger partial charge in [-0.3, -0.25) is 0 Å². The van der Waals surface area contributed by atoms with Crippen molar-refractivity contribution in [2.75, 3.05) is 13.1 Å². The van der Waals surface area contributed by atoms with Crippen LogP contribution < -0.4 is 5.73 Å². The normalized spacial score (nSPS) is 18.1. The van der Waals surface area contributed by atoms with Gasteiger partial charge in [-0.2, -0.15) is 4.31 Å². The summed E-state index contributed by atoms with van der Waals surface area (Å²) in [6.45, 7) is 0.389. The second kappa shape index (κ2) is 5.71. The minimum Gasteiger partial charge on any atom is -0.393 e. The molecule has 0 aromatic heterocycles. The molecule has 1 aliphatic rings. The zero-order chi connectivity index (χ0) is 14.9. The number of hydrogen-bond acceptors (Lipinski definition) is 3. The molecule has 1 saturated heterocycles. The van der Waals surface area contributed by atoms with E-state index in [4.69, 9.17) is 18.0 Å². The standard InChI is InChI=1S/C12H14F2N2O2S2/c13-9-1-2-10(14)11(7-9)20(17,18)16-5-3-8(4-6-16)12(15)19/h1-2,7-8H,3-6H2,(H2,15,19). The number of benzene rings is 1.